The molecule has 7 nitrogen and oxygen atoms in total. The number of hydrazine groups is 1. The highest BCUT2D eigenvalue weighted by Crippen LogP contribution is 1.97. The first-order chi connectivity index (χ1) is 6.40. The lowest BCUT2D eigenvalue weighted by Crippen LogP contribution is -2.49. The lowest BCUT2D eigenvalue weighted by Gasteiger charge is -2.24. The average molecular weight is 203 g/mol. The predicted octanol–water partition coefficient (Wildman–Crippen LogP) is -1.07. The topological polar surface area (TPSA) is 92.9 Å². The van der Waals surface area contributed by atoms with E-state index in [9.17, 15) is 14.4 Å². The third-order valence-electron chi connectivity index (χ3n) is 1.37. The van der Waals surface area contributed by atoms with E-state index in [0.717, 1.165) is 7.11 Å². The molecule has 3 amide bonds. The number of hydrogen-bond acceptors (Lipinski definition) is 5. The number of nitrogens with zero attached hydrogens (tertiary/aromatic N) is 2. The Morgan fingerprint density at radius 3 is 2.07 bits per heavy atom. The van der Waals surface area contributed by atoms with Gasteiger partial charge in [0.1, 0.15) is 6.42 Å². The summed E-state index contributed by atoms with van der Waals surface area (Å²) in [4.78, 5) is 32.8. The van der Waals surface area contributed by atoms with Crippen molar-refractivity contribution in [1.82, 2.24) is 10.0 Å². The number of nitrogens with two attached hydrogens (primary N) is 1. The van der Waals surface area contributed by atoms with E-state index < -0.39 is 24.3 Å². The van der Waals surface area contributed by atoms with Gasteiger partial charge in [-0.2, -0.15) is 5.01 Å². The molecule has 0 aromatic rings. The van der Waals surface area contributed by atoms with E-state index in [4.69, 9.17) is 5.73 Å². The van der Waals surface area contributed by atoms with E-state index in [1.807, 2.05) is 0 Å². The van der Waals surface area contributed by atoms with Crippen LogP contribution in [0.5, 0.6) is 0 Å². The summed E-state index contributed by atoms with van der Waals surface area (Å²) in [5.41, 5.74) is 4.93. The third kappa shape index (κ3) is 3.40. The van der Waals surface area contributed by atoms with Gasteiger partial charge in [-0.1, -0.05) is 0 Å². The molecule has 0 saturated carbocycles. The lowest BCUT2D eigenvalue weighted by molar-refractivity contribution is -0.149. The molecule has 7 heteroatoms. The van der Waals surface area contributed by atoms with Gasteiger partial charge in [-0.3, -0.25) is 9.59 Å². The van der Waals surface area contributed by atoms with Crippen LogP contribution in [0.25, 0.3) is 0 Å². The summed E-state index contributed by atoms with van der Waals surface area (Å²) in [5.74, 6) is -1.45. The van der Waals surface area contributed by atoms with Gasteiger partial charge in [-0.15, -0.1) is 0 Å². The largest absolute Gasteiger partial charge is 0.469 e. The Bertz CT molecular complexity index is 251. The molecule has 0 atom stereocenters. The van der Waals surface area contributed by atoms with E-state index in [-0.39, 0.29) is 0 Å². The molecular formula is C7H13N3O4. The van der Waals surface area contributed by atoms with Gasteiger partial charge >= 0.3 is 12.0 Å². The highest BCUT2D eigenvalue weighted by Gasteiger charge is 2.23. The maximum atomic E-state index is 11.3. The first kappa shape index (κ1) is 12.4. The molecule has 0 radical (unpaired) electrons. The Morgan fingerprint density at radius 1 is 1.29 bits per heavy atom. The molecule has 0 saturated heterocycles. The van der Waals surface area contributed by atoms with Crippen LogP contribution in [0.15, 0.2) is 0 Å². The van der Waals surface area contributed by atoms with Crippen LogP contribution in [0, 0.1) is 0 Å². The van der Waals surface area contributed by atoms with Crippen LogP contribution in [-0.2, 0) is 14.3 Å². The predicted molar refractivity (Wildman–Crippen MR) is 46.7 cm³/mol. The first-order valence-electron chi connectivity index (χ1n) is 3.76. The molecule has 0 aliphatic carbocycles. The van der Waals surface area contributed by atoms with E-state index >= 15 is 0 Å². The number of amides is 3. The number of rotatable bonds is 3. The Hall–Kier alpha value is -1.63. The molecule has 0 fully saturated rings. The quantitative estimate of drug-likeness (QED) is 0.358. The number of imide groups is 1. The maximum Gasteiger partial charge on any atom is 0.336 e. The van der Waals surface area contributed by atoms with Gasteiger partial charge in [0.25, 0.3) is 5.91 Å². The van der Waals surface area contributed by atoms with Gasteiger partial charge in [-0.05, 0) is 0 Å². The smallest absolute Gasteiger partial charge is 0.336 e. The molecule has 0 aliphatic heterocycles. The number of carbonyl (C=O) groups excluding carboxylic acids is 3. The van der Waals surface area contributed by atoms with Crippen LogP contribution in [-0.4, -0.2) is 49.1 Å². The van der Waals surface area contributed by atoms with E-state index in [0.29, 0.717) is 5.01 Å². The van der Waals surface area contributed by atoms with Crippen LogP contribution in [0.1, 0.15) is 6.42 Å². The molecule has 0 heterocycles. The van der Waals surface area contributed by atoms with Crippen molar-refractivity contribution in [3.8, 4) is 0 Å². The summed E-state index contributed by atoms with van der Waals surface area (Å²) >= 11 is 0. The van der Waals surface area contributed by atoms with E-state index in [1.165, 1.54) is 19.1 Å². The molecule has 2 N–H and O–H groups in total. The van der Waals surface area contributed by atoms with Crippen molar-refractivity contribution >= 4 is 17.9 Å². The van der Waals surface area contributed by atoms with Gasteiger partial charge in [0.15, 0.2) is 0 Å². The lowest BCUT2D eigenvalue weighted by atomic mass is 10.4. The normalized spacial score (nSPS) is 9.71. The zero-order valence-electron chi connectivity index (χ0n) is 8.31. The maximum absolute atomic E-state index is 11.3. The number of hydrogen-bond donors (Lipinski definition) is 1. The third-order valence-corrected chi connectivity index (χ3v) is 1.37. The van der Waals surface area contributed by atoms with Crippen molar-refractivity contribution < 1.29 is 19.1 Å². The number of methoxy groups -OCH3 is 1. The molecular weight excluding hydrogens is 190 g/mol. The van der Waals surface area contributed by atoms with Crippen molar-refractivity contribution in [3.05, 3.63) is 0 Å². The zero-order valence-corrected chi connectivity index (χ0v) is 8.31. The van der Waals surface area contributed by atoms with Crippen LogP contribution < -0.4 is 5.73 Å². The average Bonchev–Trinajstić information content (AvgIpc) is 2.02. The zero-order chi connectivity index (χ0) is 11.3. The summed E-state index contributed by atoms with van der Waals surface area (Å²) in [6.45, 7) is 0. The van der Waals surface area contributed by atoms with Crippen molar-refractivity contribution in [3.63, 3.8) is 0 Å². The standard InChI is InChI=1S/C7H13N3O4/c1-9(2)10(7(8)13)5(11)4-6(12)14-3/h4H2,1-3H3,(H2,8,13). The molecule has 0 aromatic carbocycles. The minimum atomic E-state index is -0.941. The number of carbonyl (C=O) groups is 3. The highest BCUT2D eigenvalue weighted by atomic mass is 16.5. The van der Waals surface area contributed by atoms with E-state index in [1.54, 1.807) is 0 Å². The van der Waals surface area contributed by atoms with Crippen LogP contribution in [0.2, 0.25) is 0 Å². The molecule has 0 spiro atoms. The fourth-order valence-electron chi connectivity index (χ4n) is 0.814. The number of primary amides is 1. The second kappa shape index (κ2) is 5.18. The Balaban J connectivity index is 4.46. The van der Waals surface area contributed by atoms with Crippen molar-refractivity contribution in [1.29, 1.82) is 0 Å². The SMILES string of the molecule is COC(=O)CC(=O)N(C(N)=O)N(C)C. The fourth-order valence-corrected chi connectivity index (χ4v) is 0.814. The second-order valence-corrected chi connectivity index (χ2v) is 2.64. The molecule has 0 aromatic heterocycles. The molecule has 0 aliphatic rings. The van der Waals surface area contributed by atoms with Gasteiger partial charge in [0, 0.05) is 14.1 Å². The molecule has 0 rings (SSSR count). The van der Waals surface area contributed by atoms with Crippen LogP contribution >= 0.6 is 0 Å². The molecule has 0 unspecified atom stereocenters. The van der Waals surface area contributed by atoms with Crippen molar-refractivity contribution in [2.75, 3.05) is 21.2 Å². The Labute approximate surface area is 81.4 Å². The Morgan fingerprint density at radius 2 is 1.79 bits per heavy atom. The monoisotopic (exact) mass is 203 g/mol. The molecule has 14 heavy (non-hydrogen) atoms. The molecule has 0 bridgehead atoms. The number of urea groups is 1. The van der Waals surface area contributed by atoms with Gasteiger partial charge < -0.3 is 10.5 Å². The van der Waals surface area contributed by atoms with Crippen LogP contribution in [0.4, 0.5) is 4.79 Å². The van der Waals surface area contributed by atoms with Gasteiger partial charge in [0.2, 0.25) is 0 Å². The summed E-state index contributed by atoms with van der Waals surface area (Å²) in [6.07, 6.45) is -0.516. The van der Waals surface area contributed by atoms with Crippen molar-refractivity contribution in [2.24, 2.45) is 5.73 Å². The fraction of sp³-hybridized carbons (Fsp3) is 0.571. The van der Waals surface area contributed by atoms with Crippen LogP contribution in [0.3, 0.4) is 0 Å². The van der Waals surface area contributed by atoms with Crippen molar-refractivity contribution in [2.45, 2.75) is 6.42 Å². The van der Waals surface area contributed by atoms with Gasteiger partial charge in [-0.25, -0.2) is 9.80 Å². The van der Waals surface area contributed by atoms with E-state index in [2.05, 4.69) is 4.74 Å². The summed E-state index contributed by atoms with van der Waals surface area (Å²) in [5, 5.41) is 1.84. The highest BCUT2D eigenvalue weighted by molar-refractivity contribution is 6.01. The Kier molecular flexibility index (Phi) is 4.57. The van der Waals surface area contributed by atoms with Gasteiger partial charge in [0.05, 0.1) is 7.11 Å². The minimum absolute atomic E-state index is 0.516. The minimum Gasteiger partial charge on any atom is -0.469 e. The second-order valence-electron chi connectivity index (χ2n) is 2.64. The first-order valence-corrected chi connectivity index (χ1v) is 3.76. The molecule has 80 valence electrons. The summed E-state index contributed by atoms with van der Waals surface area (Å²) in [7, 11) is 4.07. The summed E-state index contributed by atoms with van der Waals surface area (Å²) < 4.78 is 4.27. The number of ether oxygens (including phenoxy) is 1. The summed E-state index contributed by atoms with van der Waals surface area (Å²) in [6, 6.07) is -0.941. The number of esters is 1.